The molecule has 0 fully saturated rings. The van der Waals surface area contributed by atoms with Gasteiger partial charge < -0.3 is 11.1 Å². The predicted octanol–water partition coefficient (Wildman–Crippen LogP) is 1.61. The Morgan fingerprint density at radius 3 is 2.53 bits per heavy atom. The van der Waals surface area contributed by atoms with Gasteiger partial charge in [-0.1, -0.05) is 13.8 Å². The number of carbonyl (C=O) groups is 1. The molecular weight excluding hydrogens is 216 g/mol. The summed E-state index contributed by atoms with van der Waals surface area (Å²) < 4.78 is 0. The van der Waals surface area contributed by atoms with Crippen molar-refractivity contribution in [3.63, 3.8) is 0 Å². The van der Waals surface area contributed by atoms with E-state index < -0.39 is 0 Å². The highest BCUT2D eigenvalue weighted by Crippen LogP contribution is 2.07. The molecule has 1 atom stereocenters. The first kappa shape index (κ1) is 13.4. The van der Waals surface area contributed by atoms with Gasteiger partial charge in [-0.2, -0.15) is 0 Å². The first-order chi connectivity index (χ1) is 7.99. The van der Waals surface area contributed by atoms with E-state index in [-0.39, 0.29) is 11.9 Å². The summed E-state index contributed by atoms with van der Waals surface area (Å²) in [6, 6.07) is 3.29. The molecule has 1 aromatic heterocycles. The van der Waals surface area contributed by atoms with Gasteiger partial charge in [0.25, 0.3) is 5.91 Å². The quantitative estimate of drug-likeness (QED) is 0.814. The van der Waals surface area contributed by atoms with E-state index in [1.54, 1.807) is 12.1 Å². The summed E-state index contributed by atoms with van der Waals surface area (Å²) in [7, 11) is 0. The fraction of sp³-hybridized carbons (Fsp3) is 0.583. The molecule has 1 unspecified atom stereocenters. The molecule has 0 saturated heterocycles. The maximum atomic E-state index is 11.8. The van der Waals surface area contributed by atoms with E-state index in [0.29, 0.717) is 17.4 Å². The molecule has 0 aliphatic rings. The number of nitrogen functional groups attached to an aromatic ring is 1. The Hall–Kier alpha value is -1.65. The Kier molecular flexibility index (Phi) is 4.87. The number of nitrogens with one attached hydrogen (secondary N) is 1. The predicted molar refractivity (Wildman–Crippen MR) is 67.4 cm³/mol. The maximum absolute atomic E-state index is 11.8. The van der Waals surface area contributed by atoms with Crippen LogP contribution in [0, 0.1) is 5.92 Å². The molecule has 0 radical (unpaired) electrons. The number of nitrogens with zero attached hydrogens (tertiary/aromatic N) is 2. The summed E-state index contributed by atoms with van der Waals surface area (Å²) in [6.07, 6.45) is 2.06. The molecule has 0 spiro atoms. The zero-order valence-corrected chi connectivity index (χ0v) is 10.6. The first-order valence-electron chi connectivity index (χ1n) is 5.89. The summed E-state index contributed by atoms with van der Waals surface area (Å²) in [5.74, 6) is 0.758. The normalized spacial score (nSPS) is 12.5. The van der Waals surface area contributed by atoms with Crippen LogP contribution >= 0.6 is 0 Å². The van der Waals surface area contributed by atoms with E-state index >= 15 is 0 Å². The summed E-state index contributed by atoms with van der Waals surface area (Å²) in [6.45, 7) is 6.32. The van der Waals surface area contributed by atoms with Crippen LogP contribution in [0.3, 0.4) is 0 Å². The largest absolute Gasteiger partial charge is 0.382 e. The highest BCUT2D eigenvalue weighted by atomic mass is 16.2. The molecular formula is C12H20N4O. The van der Waals surface area contributed by atoms with Crippen LogP contribution in [0.1, 0.15) is 44.1 Å². The summed E-state index contributed by atoms with van der Waals surface area (Å²) in [4.78, 5) is 11.8. The monoisotopic (exact) mass is 236 g/mol. The van der Waals surface area contributed by atoms with Crippen molar-refractivity contribution in [2.75, 3.05) is 5.73 Å². The molecule has 0 saturated carbocycles. The number of hydrogen-bond acceptors (Lipinski definition) is 4. The lowest BCUT2D eigenvalue weighted by atomic mass is 10.0. The Balaban J connectivity index is 2.46. The van der Waals surface area contributed by atoms with Gasteiger partial charge in [0.05, 0.1) is 0 Å². The molecule has 1 heterocycles. The minimum absolute atomic E-state index is 0.143. The lowest BCUT2D eigenvalue weighted by Crippen LogP contribution is -2.33. The highest BCUT2D eigenvalue weighted by molar-refractivity contribution is 5.92. The van der Waals surface area contributed by atoms with Gasteiger partial charge in [-0.15, -0.1) is 10.2 Å². The van der Waals surface area contributed by atoms with Crippen molar-refractivity contribution in [2.24, 2.45) is 5.92 Å². The third-order valence-corrected chi connectivity index (χ3v) is 2.47. The average molecular weight is 236 g/mol. The fourth-order valence-corrected chi connectivity index (χ4v) is 1.42. The van der Waals surface area contributed by atoms with Gasteiger partial charge in [-0.3, -0.25) is 4.79 Å². The molecule has 1 rings (SSSR count). The molecule has 94 valence electrons. The molecule has 5 heteroatoms. The van der Waals surface area contributed by atoms with E-state index in [4.69, 9.17) is 5.73 Å². The molecule has 1 amide bonds. The van der Waals surface area contributed by atoms with Crippen LogP contribution in [0.4, 0.5) is 5.82 Å². The fourth-order valence-electron chi connectivity index (χ4n) is 1.42. The molecule has 5 nitrogen and oxygen atoms in total. The second kappa shape index (κ2) is 6.18. The Labute approximate surface area is 102 Å². The molecule has 3 N–H and O–H groups in total. The number of amides is 1. The minimum atomic E-state index is -0.200. The third kappa shape index (κ3) is 4.80. The van der Waals surface area contributed by atoms with Gasteiger partial charge in [-0.25, -0.2) is 0 Å². The van der Waals surface area contributed by atoms with Gasteiger partial charge in [0.1, 0.15) is 5.82 Å². The van der Waals surface area contributed by atoms with Crippen LogP contribution in [-0.4, -0.2) is 22.1 Å². The zero-order valence-electron chi connectivity index (χ0n) is 10.6. The van der Waals surface area contributed by atoms with Crippen LogP contribution in [-0.2, 0) is 0 Å². The maximum Gasteiger partial charge on any atom is 0.272 e. The summed E-state index contributed by atoms with van der Waals surface area (Å²) in [5.41, 5.74) is 5.71. The van der Waals surface area contributed by atoms with Crippen molar-refractivity contribution >= 4 is 11.7 Å². The van der Waals surface area contributed by atoms with Crippen LogP contribution in [0.15, 0.2) is 12.1 Å². The van der Waals surface area contributed by atoms with E-state index in [2.05, 4.69) is 29.4 Å². The average Bonchev–Trinajstić information content (AvgIpc) is 2.27. The number of aromatic nitrogens is 2. The number of hydrogen-bond donors (Lipinski definition) is 2. The van der Waals surface area contributed by atoms with Gasteiger partial charge >= 0.3 is 0 Å². The van der Waals surface area contributed by atoms with Crippen molar-refractivity contribution in [1.29, 1.82) is 0 Å². The zero-order chi connectivity index (χ0) is 12.8. The Morgan fingerprint density at radius 2 is 2.00 bits per heavy atom. The van der Waals surface area contributed by atoms with E-state index in [1.807, 2.05) is 6.92 Å². The summed E-state index contributed by atoms with van der Waals surface area (Å²) in [5, 5.41) is 10.3. The highest BCUT2D eigenvalue weighted by Gasteiger charge is 2.11. The van der Waals surface area contributed by atoms with Gasteiger partial charge in [0.15, 0.2) is 5.69 Å². The van der Waals surface area contributed by atoms with Crippen LogP contribution in [0.2, 0.25) is 0 Å². The lowest BCUT2D eigenvalue weighted by molar-refractivity contribution is 0.0931. The molecule has 0 bridgehead atoms. The van der Waals surface area contributed by atoms with E-state index in [0.717, 1.165) is 12.8 Å². The minimum Gasteiger partial charge on any atom is -0.382 e. The molecule has 1 aromatic rings. The number of nitrogens with two attached hydrogens (primary N) is 1. The molecule has 0 aromatic carbocycles. The second-order valence-electron chi connectivity index (χ2n) is 4.69. The first-order valence-corrected chi connectivity index (χ1v) is 5.89. The second-order valence-corrected chi connectivity index (χ2v) is 4.69. The topological polar surface area (TPSA) is 80.9 Å². The van der Waals surface area contributed by atoms with Crippen LogP contribution < -0.4 is 11.1 Å². The molecule has 17 heavy (non-hydrogen) atoms. The van der Waals surface area contributed by atoms with Crippen molar-refractivity contribution in [3.8, 4) is 0 Å². The van der Waals surface area contributed by atoms with Crippen LogP contribution in [0.25, 0.3) is 0 Å². The Bertz CT molecular complexity index is 361. The van der Waals surface area contributed by atoms with Gasteiger partial charge in [-0.05, 0) is 37.8 Å². The molecule has 0 aliphatic heterocycles. The molecule has 0 aliphatic carbocycles. The van der Waals surface area contributed by atoms with E-state index in [1.165, 1.54) is 0 Å². The number of carbonyl (C=O) groups excluding carboxylic acids is 1. The van der Waals surface area contributed by atoms with Crippen molar-refractivity contribution in [1.82, 2.24) is 15.5 Å². The van der Waals surface area contributed by atoms with Crippen molar-refractivity contribution in [3.05, 3.63) is 17.8 Å². The van der Waals surface area contributed by atoms with Crippen molar-refractivity contribution in [2.45, 2.75) is 39.7 Å². The standard InChI is InChI=1S/C12H20N4O/c1-8(2)4-5-9(3)14-12(17)10-6-7-11(13)16-15-10/h6-9H,4-5H2,1-3H3,(H2,13,16)(H,14,17). The number of anilines is 1. The summed E-state index contributed by atoms with van der Waals surface area (Å²) >= 11 is 0. The number of rotatable bonds is 5. The van der Waals surface area contributed by atoms with E-state index in [9.17, 15) is 4.79 Å². The van der Waals surface area contributed by atoms with Crippen molar-refractivity contribution < 1.29 is 4.79 Å². The van der Waals surface area contributed by atoms with Crippen LogP contribution in [0.5, 0.6) is 0 Å². The third-order valence-electron chi connectivity index (χ3n) is 2.47. The smallest absolute Gasteiger partial charge is 0.272 e. The van der Waals surface area contributed by atoms with Gasteiger partial charge in [0.2, 0.25) is 0 Å². The Morgan fingerprint density at radius 1 is 1.29 bits per heavy atom. The van der Waals surface area contributed by atoms with Gasteiger partial charge in [0, 0.05) is 6.04 Å². The SMILES string of the molecule is CC(C)CCC(C)NC(=O)c1ccc(N)nn1. The lowest BCUT2D eigenvalue weighted by Gasteiger charge is -2.14.